The molecule has 10 heteroatoms. The highest BCUT2D eigenvalue weighted by molar-refractivity contribution is 5.88. The summed E-state index contributed by atoms with van der Waals surface area (Å²) in [6.45, 7) is 1.47. The highest BCUT2D eigenvalue weighted by atomic mass is 19.4. The zero-order chi connectivity index (χ0) is 22.3. The largest absolute Gasteiger partial charge is 0.493 e. The lowest BCUT2D eigenvalue weighted by Gasteiger charge is -2.40. The maximum absolute atomic E-state index is 13.2. The Bertz CT molecular complexity index is 1100. The fourth-order valence-electron chi connectivity index (χ4n) is 4.62. The minimum absolute atomic E-state index is 0.0569. The number of halogens is 3. The van der Waals surface area contributed by atoms with Crippen molar-refractivity contribution in [2.45, 2.75) is 31.2 Å². The molecule has 170 valence electrons. The minimum atomic E-state index is -4.52. The number of rotatable bonds is 4. The maximum Gasteiger partial charge on any atom is 0.431 e. The van der Waals surface area contributed by atoms with Gasteiger partial charge in [0.25, 0.3) is 0 Å². The van der Waals surface area contributed by atoms with E-state index in [0.717, 1.165) is 24.5 Å². The molecule has 2 aliphatic heterocycles. The van der Waals surface area contributed by atoms with Crippen molar-refractivity contribution in [1.29, 1.82) is 0 Å². The van der Waals surface area contributed by atoms with Crippen molar-refractivity contribution in [1.82, 2.24) is 15.0 Å². The first-order valence-corrected chi connectivity index (χ1v) is 10.6. The topological polar surface area (TPSA) is 92.3 Å². The molecular weight excluding hydrogens is 425 g/mol. The number of benzene rings is 1. The third-order valence-electron chi connectivity index (χ3n) is 6.32. The lowest BCUT2D eigenvalue weighted by molar-refractivity contribution is -0.140. The highest BCUT2D eigenvalue weighted by Crippen LogP contribution is 2.42. The second kappa shape index (κ2) is 8.25. The van der Waals surface area contributed by atoms with Crippen LogP contribution in [-0.2, 0) is 10.9 Å². The first kappa shape index (κ1) is 21.0. The summed E-state index contributed by atoms with van der Waals surface area (Å²) in [4.78, 5) is 10.5. The van der Waals surface area contributed by atoms with Crippen LogP contribution in [0.4, 0.5) is 19.0 Å². The molecule has 32 heavy (non-hydrogen) atoms. The van der Waals surface area contributed by atoms with Crippen LogP contribution >= 0.6 is 0 Å². The van der Waals surface area contributed by atoms with E-state index in [-0.39, 0.29) is 35.3 Å². The molecular formula is C22H23F3N4O3. The summed E-state index contributed by atoms with van der Waals surface area (Å²) < 4.78 is 51.0. The smallest absolute Gasteiger partial charge is 0.431 e. The Balaban J connectivity index is 1.52. The van der Waals surface area contributed by atoms with Gasteiger partial charge in [-0.3, -0.25) is 0 Å². The number of aliphatic hydroxyl groups excluding tert-OH is 1. The zero-order valence-corrected chi connectivity index (χ0v) is 17.1. The predicted molar refractivity (Wildman–Crippen MR) is 110 cm³/mol. The molecule has 1 saturated heterocycles. The number of fused-ring (bicyclic) bond motifs is 2. The van der Waals surface area contributed by atoms with Gasteiger partial charge in [-0.25, -0.2) is 9.97 Å². The quantitative estimate of drug-likeness (QED) is 0.560. The van der Waals surface area contributed by atoms with Crippen LogP contribution in [0.15, 0.2) is 36.7 Å². The standard InChI is InChI=1S/C22H23F3N4O3/c23-22(24,25)17-9-14-20(28-17)26-11-27-21(14)29-18-13-3-1-2-4-16(13)32-10-15(18)19(30)12-5-7-31-8-6-12/h1-4,9,11-12,15,18-19,30H,5-8,10H2,(H2,26,27,28,29). The van der Waals surface area contributed by atoms with Crippen molar-refractivity contribution < 1.29 is 27.8 Å². The van der Waals surface area contributed by atoms with E-state index in [1.54, 1.807) is 0 Å². The molecule has 5 rings (SSSR count). The Labute approximate surface area is 182 Å². The van der Waals surface area contributed by atoms with Crippen LogP contribution in [0.1, 0.15) is 30.1 Å². The highest BCUT2D eigenvalue weighted by Gasteiger charge is 2.40. The summed E-state index contributed by atoms with van der Waals surface area (Å²) >= 11 is 0. The average Bonchev–Trinajstić information content (AvgIpc) is 3.26. The normalized spacial score (nSPS) is 22.9. The van der Waals surface area contributed by atoms with Crippen molar-refractivity contribution >= 4 is 16.9 Å². The second-order valence-corrected chi connectivity index (χ2v) is 8.24. The van der Waals surface area contributed by atoms with Crippen LogP contribution in [0.2, 0.25) is 0 Å². The van der Waals surface area contributed by atoms with Gasteiger partial charge in [0.15, 0.2) is 0 Å². The second-order valence-electron chi connectivity index (χ2n) is 8.24. The summed E-state index contributed by atoms with van der Waals surface area (Å²) in [6, 6.07) is 8.07. The van der Waals surface area contributed by atoms with Crippen molar-refractivity contribution in [3.8, 4) is 5.75 Å². The Hall–Kier alpha value is -2.85. The van der Waals surface area contributed by atoms with Gasteiger partial charge in [0.2, 0.25) is 0 Å². The zero-order valence-electron chi connectivity index (χ0n) is 17.1. The summed E-state index contributed by atoms with van der Waals surface area (Å²) in [6.07, 6.45) is -2.48. The number of ether oxygens (including phenoxy) is 2. The molecule has 1 aromatic carbocycles. The molecule has 0 aliphatic carbocycles. The van der Waals surface area contributed by atoms with Gasteiger partial charge < -0.3 is 24.9 Å². The molecule has 0 bridgehead atoms. The van der Waals surface area contributed by atoms with E-state index in [4.69, 9.17) is 9.47 Å². The minimum Gasteiger partial charge on any atom is -0.493 e. The summed E-state index contributed by atoms with van der Waals surface area (Å²) in [5, 5.41) is 14.8. The van der Waals surface area contributed by atoms with Crippen molar-refractivity contribution in [3.63, 3.8) is 0 Å². The molecule has 4 heterocycles. The van der Waals surface area contributed by atoms with Gasteiger partial charge in [0, 0.05) is 24.7 Å². The molecule has 2 aliphatic rings. The van der Waals surface area contributed by atoms with Crippen LogP contribution in [0.3, 0.4) is 0 Å². The van der Waals surface area contributed by atoms with Crippen LogP contribution in [0, 0.1) is 11.8 Å². The predicted octanol–water partition coefficient (Wildman–Crippen LogP) is 3.93. The first-order valence-electron chi connectivity index (χ1n) is 10.6. The third-order valence-corrected chi connectivity index (χ3v) is 6.32. The summed E-state index contributed by atoms with van der Waals surface area (Å²) in [5.41, 5.74) is 0.0344. The van der Waals surface area contributed by atoms with E-state index in [1.807, 2.05) is 24.3 Å². The first-order chi connectivity index (χ1) is 15.4. The van der Waals surface area contributed by atoms with Gasteiger partial charge in [-0.05, 0) is 30.9 Å². The van der Waals surface area contributed by atoms with Crippen LogP contribution in [-0.4, -0.2) is 46.0 Å². The molecule has 3 aromatic rings. The van der Waals surface area contributed by atoms with Crippen molar-refractivity contribution in [3.05, 3.63) is 47.9 Å². The molecule has 3 N–H and O–H groups in total. The number of H-pyrrole nitrogens is 1. The number of aliphatic hydroxyl groups is 1. The number of aromatic amines is 1. The van der Waals surface area contributed by atoms with Gasteiger partial charge in [-0.2, -0.15) is 13.2 Å². The fourth-order valence-corrected chi connectivity index (χ4v) is 4.62. The lowest BCUT2D eigenvalue weighted by Crippen LogP contribution is -2.43. The van der Waals surface area contributed by atoms with Gasteiger partial charge >= 0.3 is 6.18 Å². The van der Waals surface area contributed by atoms with E-state index in [1.165, 1.54) is 6.33 Å². The van der Waals surface area contributed by atoms with Crippen LogP contribution in [0.5, 0.6) is 5.75 Å². The van der Waals surface area contributed by atoms with Gasteiger partial charge in [0.05, 0.1) is 24.1 Å². The van der Waals surface area contributed by atoms with E-state index >= 15 is 0 Å². The van der Waals surface area contributed by atoms with Gasteiger partial charge in [-0.1, -0.05) is 18.2 Å². The summed E-state index contributed by atoms with van der Waals surface area (Å²) in [7, 11) is 0. The number of nitrogens with one attached hydrogen (secondary N) is 2. The van der Waals surface area contributed by atoms with Crippen LogP contribution in [0.25, 0.3) is 11.0 Å². The SMILES string of the molecule is OC(C1CCOCC1)C1COc2ccccc2C1Nc1ncnc2[nH]c(C(F)(F)F)cc12. The Morgan fingerprint density at radius 2 is 1.94 bits per heavy atom. The van der Waals surface area contributed by atoms with Crippen molar-refractivity contribution in [2.75, 3.05) is 25.1 Å². The number of hydrogen-bond acceptors (Lipinski definition) is 6. The fraction of sp³-hybridized carbons (Fsp3) is 0.455. The Morgan fingerprint density at radius 3 is 2.72 bits per heavy atom. The third kappa shape index (κ3) is 3.88. The molecule has 7 nitrogen and oxygen atoms in total. The van der Waals surface area contributed by atoms with E-state index < -0.39 is 24.0 Å². The van der Waals surface area contributed by atoms with Crippen molar-refractivity contribution in [2.24, 2.45) is 11.8 Å². The molecule has 0 saturated carbocycles. The van der Waals surface area contributed by atoms with Gasteiger partial charge in [0.1, 0.15) is 29.2 Å². The van der Waals surface area contributed by atoms with Gasteiger partial charge in [-0.15, -0.1) is 0 Å². The molecule has 0 radical (unpaired) electrons. The monoisotopic (exact) mass is 448 g/mol. The number of anilines is 1. The molecule has 2 aromatic heterocycles. The number of para-hydroxylation sites is 1. The number of nitrogens with zero attached hydrogens (tertiary/aromatic N) is 2. The molecule has 1 fully saturated rings. The van der Waals surface area contributed by atoms with Crippen LogP contribution < -0.4 is 10.1 Å². The average molecular weight is 448 g/mol. The molecule has 0 spiro atoms. The van der Waals surface area contributed by atoms with E-state index in [0.29, 0.717) is 19.0 Å². The Kier molecular flexibility index (Phi) is 5.42. The lowest BCUT2D eigenvalue weighted by atomic mass is 9.79. The number of aromatic nitrogens is 3. The molecule has 3 unspecified atom stereocenters. The molecule has 0 amide bonds. The van der Waals surface area contributed by atoms with E-state index in [9.17, 15) is 18.3 Å². The number of alkyl halides is 3. The Morgan fingerprint density at radius 1 is 1.16 bits per heavy atom. The summed E-state index contributed by atoms with van der Waals surface area (Å²) in [5.74, 6) is 0.684. The molecule has 3 atom stereocenters. The maximum atomic E-state index is 13.2. The van der Waals surface area contributed by atoms with E-state index in [2.05, 4.69) is 20.3 Å². The number of hydrogen-bond donors (Lipinski definition) is 3.